The van der Waals surface area contributed by atoms with E-state index in [0.717, 1.165) is 11.2 Å². The van der Waals surface area contributed by atoms with E-state index in [1.165, 1.54) is 38.1 Å². The van der Waals surface area contributed by atoms with Crippen molar-refractivity contribution in [2.45, 2.75) is 6.92 Å². The van der Waals surface area contributed by atoms with Gasteiger partial charge in [0, 0.05) is 10.9 Å². The highest BCUT2D eigenvalue weighted by Crippen LogP contribution is 2.38. The average molecular weight is 319 g/mol. The molecule has 0 saturated carbocycles. The molecule has 0 aliphatic rings. The van der Waals surface area contributed by atoms with Crippen molar-refractivity contribution in [3.05, 3.63) is 90.5 Å². The summed E-state index contributed by atoms with van der Waals surface area (Å²) in [5, 5.41) is 6.30. The van der Waals surface area contributed by atoms with Crippen LogP contribution in [0.2, 0.25) is 0 Å². The Hall–Kier alpha value is -3.19. The van der Waals surface area contributed by atoms with Gasteiger partial charge in [0.25, 0.3) is 0 Å². The highest BCUT2D eigenvalue weighted by atomic mass is 14.7. The normalized spacial score (nSPS) is 11.4. The number of aryl methyl sites for hydroxylation is 1. The molecule has 1 nitrogen and oxygen atoms in total. The molecule has 0 aliphatic carbocycles. The fraction of sp³-hybridized carbons (Fsp3) is 0.0417. The van der Waals surface area contributed by atoms with E-state index in [9.17, 15) is 0 Å². The number of pyridine rings is 1. The molecule has 0 radical (unpaired) electrons. The van der Waals surface area contributed by atoms with Crippen LogP contribution in [0, 0.1) is 6.92 Å². The molecule has 118 valence electrons. The third-order valence-corrected chi connectivity index (χ3v) is 5.06. The smallest absolute Gasteiger partial charge is 0.0722 e. The minimum Gasteiger partial charge on any atom is -0.248 e. The lowest BCUT2D eigenvalue weighted by molar-refractivity contribution is 1.41. The van der Waals surface area contributed by atoms with Crippen molar-refractivity contribution in [1.82, 2.24) is 4.98 Å². The summed E-state index contributed by atoms with van der Waals surface area (Å²) in [7, 11) is 0. The second-order valence-electron chi connectivity index (χ2n) is 6.48. The van der Waals surface area contributed by atoms with Gasteiger partial charge < -0.3 is 0 Å². The zero-order valence-electron chi connectivity index (χ0n) is 14.0. The van der Waals surface area contributed by atoms with Crippen LogP contribution < -0.4 is 0 Å². The quantitative estimate of drug-likeness (QED) is 0.321. The molecule has 1 aromatic heterocycles. The monoisotopic (exact) mass is 319 g/mol. The van der Waals surface area contributed by atoms with E-state index in [1.807, 2.05) is 6.07 Å². The Labute approximate surface area is 146 Å². The molecule has 0 fully saturated rings. The summed E-state index contributed by atoms with van der Waals surface area (Å²) in [4.78, 5) is 4.98. The van der Waals surface area contributed by atoms with Crippen molar-refractivity contribution in [2.75, 3.05) is 0 Å². The molecule has 0 bridgehead atoms. The molecule has 1 heteroatoms. The van der Waals surface area contributed by atoms with Gasteiger partial charge in [-0.05, 0) is 46.2 Å². The number of aromatic nitrogens is 1. The Morgan fingerprint density at radius 2 is 1.12 bits per heavy atom. The first-order chi connectivity index (χ1) is 12.3. The maximum atomic E-state index is 4.98. The van der Waals surface area contributed by atoms with Crippen LogP contribution in [0.4, 0.5) is 0 Å². The van der Waals surface area contributed by atoms with Gasteiger partial charge in [0.2, 0.25) is 0 Å². The topological polar surface area (TPSA) is 12.9 Å². The summed E-state index contributed by atoms with van der Waals surface area (Å²) >= 11 is 0. The molecule has 0 atom stereocenters. The highest BCUT2D eigenvalue weighted by Gasteiger charge is 2.13. The van der Waals surface area contributed by atoms with E-state index in [0.29, 0.717) is 0 Å². The minimum atomic E-state index is 1.03. The fourth-order valence-electron chi connectivity index (χ4n) is 3.83. The van der Waals surface area contributed by atoms with Gasteiger partial charge in [-0.15, -0.1) is 0 Å². The second-order valence-corrected chi connectivity index (χ2v) is 6.48. The lowest BCUT2D eigenvalue weighted by Gasteiger charge is -2.14. The Bertz CT molecular complexity index is 1190. The summed E-state index contributed by atoms with van der Waals surface area (Å²) in [6, 6.07) is 29.9. The van der Waals surface area contributed by atoms with Crippen molar-refractivity contribution in [3.63, 3.8) is 0 Å². The third kappa shape index (κ3) is 2.13. The van der Waals surface area contributed by atoms with Gasteiger partial charge in [-0.3, -0.25) is 0 Å². The highest BCUT2D eigenvalue weighted by molar-refractivity contribution is 6.14. The summed E-state index contributed by atoms with van der Waals surface area (Å²) in [5.41, 5.74) is 4.62. The van der Waals surface area contributed by atoms with Gasteiger partial charge in [-0.1, -0.05) is 72.8 Å². The van der Waals surface area contributed by atoms with Gasteiger partial charge in [-0.25, -0.2) is 4.98 Å². The molecule has 25 heavy (non-hydrogen) atoms. The first-order valence-corrected chi connectivity index (χ1v) is 8.59. The van der Waals surface area contributed by atoms with E-state index < -0.39 is 0 Å². The van der Waals surface area contributed by atoms with Gasteiger partial charge >= 0.3 is 0 Å². The molecular weight excluding hydrogens is 302 g/mol. The van der Waals surface area contributed by atoms with Crippen LogP contribution in [0.1, 0.15) is 5.56 Å². The van der Waals surface area contributed by atoms with Crippen molar-refractivity contribution >= 4 is 32.4 Å². The molecule has 4 aromatic carbocycles. The Morgan fingerprint density at radius 1 is 0.560 bits per heavy atom. The number of para-hydroxylation sites is 1. The predicted octanol–water partition coefficient (Wildman–Crippen LogP) is 6.52. The maximum absolute atomic E-state index is 4.98. The molecule has 0 amide bonds. The second kappa shape index (κ2) is 5.42. The van der Waals surface area contributed by atoms with Crippen LogP contribution in [0.25, 0.3) is 43.7 Å². The first-order valence-electron chi connectivity index (χ1n) is 8.59. The molecule has 0 saturated heterocycles. The standard InChI is InChI=1S/C24H17N/c1-16-18-9-3-5-11-20(18)24(21-12-6-4-10-19(16)21)23-15-14-17-8-2-7-13-22(17)25-23/h2-15H,1H3. The molecule has 5 rings (SSSR count). The summed E-state index contributed by atoms with van der Waals surface area (Å²) < 4.78 is 0. The van der Waals surface area contributed by atoms with Gasteiger partial charge in [0.1, 0.15) is 0 Å². The number of benzene rings is 4. The SMILES string of the molecule is Cc1c2ccccc2c(-c2ccc3ccccc3n2)c2ccccc12. The van der Waals surface area contributed by atoms with E-state index in [1.54, 1.807) is 0 Å². The zero-order chi connectivity index (χ0) is 16.8. The van der Waals surface area contributed by atoms with Gasteiger partial charge in [0.15, 0.2) is 0 Å². The fourth-order valence-corrected chi connectivity index (χ4v) is 3.83. The van der Waals surface area contributed by atoms with Crippen LogP contribution in [0.5, 0.6) is 0 Å². The number of hydrogen-bond acceptors (Lipinski definition) is 1. The molecular formula is C24H17N. The largest absolute Gasteiger partial charge is 0.248 e. The Morgan fingerprint density at radius 3 is 1.80 bits per heavy atom. The van der Waals surface area contributed by atoms with Crippen molar-refractivity contribution in [1.29, 1.82) is 0 Å². The Kier molecular flexibility index (Phi) is 3.07. The first kappa shape index (κ1) is 14.2. The lowest BCUT2D eigenvalue weighted by Crippen LogP contribution is -1.91. The van der Waals surface area contributed by atoms with E-state index in [4.69, 9.17) is 4.98 Å². The third-order valence-electron chi connectivity index (χ3n) is 5.06. The molecule has 1 heterocycles. The van der Waals surface area contributed by atoms with Crippen LogP contribution in [-0.2, 0) is 0 Å². The minimum absolute atomic E-state index is 1.03. The van der Waals surface area contributed by atoms with Gasteiger partial charge in [-0.2, -0.15) is 0 Å². The van der Waals surface area contributed by atoms with Crippen molar-refractivity contribution in [3.8, 4) is 11.3 Å². The number of rotatable bonds is 1. The average Bonchev–Trinajstić information content (AvgIpc) is 2.68. The van der Waals surface area contributed by atoms with Crippen LogP contribution >= 0.6 is 0 Å². The molecule has 0 spiro atoms. The zero-order valence-corrected chi connectivity index (χ0v) is 14.0. The summed E-state index contributed by atoms with van der Waals surface area (Å²) in [6.45, 7) is 2.21. The van der Waals surface area contributed by atoms with Gasteiger partial charge in [0.05, 0.1) is 11.2 Å². The van der Waals surface area contributed by atoms with Crippen LogP contribution in [-0.4, -0.2) is 4.98 Å². The summed E-state index contributed by atoms with van der Waals surface area (Å²) in [5.74, 6) is 0. The van der Waals surface area contributed by atoms with Crippen molar-refractivity contribution < 1.29 is 0 Å². The number of nitrogens with zero attached hydrogens (tertiary/aromatic N) is 1. The molecule has 0 aliphatic heterocycles. The molecule has 0 N–H and O–H groups in total. The van der Waals surface area contributed by atoms with E-state index >= 15 is 0 Å². The van der Waals surface area contributed by atoms with Crippen LogP contribution in [0.15, 0.2) is 84.9 Å². The van der Waals surface area contributed by atoms with Crippen LogP contribution in [0.3, 0.4) is 0 Å². The van der Waals surface area contributed by atoms with E-state index in [-0.39, 0.29) is 0 Å². The molecule has 5 aromatic rings. The summed E-state index contributed by atoms with van der Waals surface area (Å²) in [6.07, 6.45) is 0. The lowest BCUT2D eigenvalue weighted by atomic mass is 9.90. The predicted molar refractivity (Wildman–Crippen MR) is 107 cm³/mol. The molecule has 0 unspecified atom stereocenters. The number of hydrogen-bond donors (Lipinski definition) is 0. The van der Waals surface area contributed by atoms with E-state index in [2.05, 4.69) is 85.8 Å². The van der Waals surface area contributed by atoms with Crippen molar-refractivity contribution in [2.24, 2.45) is 0 Å². The maximum Gasteiger partial charge on any atom is 0.0722 e. The number of fused-ring (bicyclic) bond motifs is 3. The Balaban J connectivity index is 1.97.